The van der Waals surface area contributed by atoms with Gasteiger partial charge in [-0.2, -0.15) is 0 Å². The molecule has 0 radical (unpaired) electrons. The van der Waals surface area contributed by atoms with Gasteiger partial charge < -0.3 is 0 Å². The Morgan fingerprint density at radius 2 is 1.68 bits per heavy atom. The van der Waals surface area contributed by atoms with Crippen molar-refractivity contribution in [2.24, 2.45) is 0 Å². The second-order valence-corrected chi connectivity index (χ2v) is 6.87. The van der Waals surface area contributed by atoms with Crippen molar-refractivity contribution in [3.05, 3.63) is 56.8 Å². The molecule has 0 fully saturated rings. The zero-order valence-corrected chi connectivity index (χ0v) is 14.3. The quantitative estimate of drug-likeness (QED) is 0.594. The summed E-state index contributed by atoms with van der Waals surface area (Å²) in [4.78, 5) is 3.19. The number of thiophene rings is 1. The molecule has 0 N–H and O–H groups in total. The van der Waals surface area contributed by atoms with E-state index in [0.29, 0.717) is 4.83 Å². The first kappa shape index (κ1) is 14.8. The SMILES string of the molecule is CCc1ccc(C(Br)c2ccc(CC)c(CC)c2)s1. The van der Waals surface area contributed by atoms with Gasteiger partial charge in [-0.1, -0.05) is 54.9 Å². The normalized spacial score (nSPS) is 12.6. The van der Waals surface area contributed by atoms with Crippen molar-refractivity contribution in [1.29, 1.82) is 0 Å². The van der Waals surface area contributed by atoms with E-state index in [1.807, 2.05) is 11.3 Å². The van der Waals surface area contributed by atoms with Crippen LogP contribution in [0.15, 0.2) is 30.3 Å². The number of hydrogen-bond acceptors (Lipinski definition) is 1. The van der Waals surface area contributed by atoms with Gasteiger partial charge in [-0.05, 0) is 48.1 Å². The van der Waals surface area contributed by atoms with Crippen molar-refractivity contribution in [2.75, 3.05) is 0 Å². The summed E-state index contributed by atoms with van der Waals surface area (Å²) in [6, 6.07) is 11.4. The Labute approximate surface area is 129 Å². The van der Waals surface area contributed by atoms with Gasteiger partial charge >= 0.3 is 0 Å². The molecule has 1 heterocycles. The van der Waals surface area contributed by atoms with Gasteiger partial charge in [-0.15, -0.1) is 11.3 Å². The van der Waals surface area contributed by atoms with Crippen LogP contribution in [0, 0.1) is 0 Å². The van der Waals surface area contributed by atoms with Gasteiger partial charge in [-0.3, -0.25) is 0 Å². The van der Waals surface area contributed by atoms with Crippen molar-refractivity contribution < 1.29 is 0 Å². The second-order valence-electron chi connectivity index (χ2n) is 4.76. The van der Waals surface area contributed by atoms with Crippen LogP contribution in [0.3, 0.4) is 0 Å². The summed E-state index contributed by atoms with van der Waals surface area (Å²) in [5, 5.41) is 0. The Hall–Kier alpha value is -0.600. The summed E-state index contributed by atoms with van der Waals surface area (Å²) >= 11 is 5.77. The molecule has 1 aromatic heterocycles. The van der Waals surface area contributed by atoms with Crippen LogP contribution in [-0.2, 0) is 19.3 Å². The minimum absolute atomic E-state index is 0.328. The van der Waals surface area contributed by atoms with Crippen LogP contribution in [0.2, 0.25) is 0 Å². The summed E-state index contributed by atoms with van der Waals surface area (Å²) in [6.45, 7) is 6.68. The summed E-state index contributed by atoms with van der Waals surface area (Å²) < 4.78 is 0. The van der Waals surface area contributed by atoms with Crippen molar-refractivity contribution in [3.63, 3.8) is 0 Å². The Morgan fingerprint density at radius 1 is 0.947 bits per heavy atom. The third-order valence-corrected chi connectivity index (χ3v) is 6.18. The maximum absolute atomic E-state index is 3.86. The Kier molecular flexibility index (Phi) is 5.23. The molecule has 1 atom stereocenters. The smallest absolute Gasteiger partial charge is 0.0738 e. The summed E-state index contributed by atoms with van der Waals surface area (Å²) in [5.74, 6) is 0. The molecule has 0 spiro atoms. The molecule has 0 saturated heterocycles. The number of benzene rings is 1. The molecular weight excluding hydrogens is 316 g/mol. The molecule has 0 aliphatic heterocycles. The van der Waals surface area contributed by atoms with E-state index >= 15 is 0 Å². The van der Waals surface area contributed by atoms with Crippen LogP contribution in [0.25, 0.3) is 0 Å². The predicted molar refractivity (Wildman–Crippen MR) is 89.7 cm³/mol. The fourth-order valence-electron chi connectivity index (χ4n) is 2.36. The molecule has 1 unspecified atom stereocenters. The van der Waals surface area contributed by atoms with Crippen LogP contribution in [0.5, 0.6) is 0 Å². The van der Waals surface area contributed by atoms with E-state index in [1.54, 1.807) is 0 Å². The molecule has 102 valence electrons. The number of hydrogen-bond donors (Lipinski definition) is 0. The van der Waals surface area contributed by atoms with Gasteiger partial charge in [0.25, 0.3) is 0 Å². The Morgan fingerprint density at radius 3 is 2.26 bits per heavy atom. The maximum Gasteiger partial charge on any atom is 0.0738 e. The summed E-state index contributed by atoms with van der Waals surface area (Å²) in [5.41, 5.74) is 4.33. The third kappa shape index (κ3) is 3.29. The Balaban J connectivity index is 2.30. The first-order valence-electron chi connectivity index (χ1n) is 7.03. The minimum Gasteiger partial charge on any atom is -0.144 e. The Bertz CT molecular complexity index is 542. The zero-order chi connectivity index (χ0) is 13.8. The molecule has 2 rings (SSSR count). The summed E-state index contributed by atoms with van der Waals surface area (Å²) in [7, 11) is 0. The number of halogens is 1. The van der Waals surface area contributed by atoms with Gasteiger partial charge in [0, 0.05) is 9.75 Å². The molecule has 0 aliphatic carbocycles. The monoisotopic (exact) mass is 336 g/mol. The molecular formula is C17H21BrS. The molecule has 2 aromatic rings. The first-order valence-corrected chi connectivity index (χ1v) is 8.77. The van der Waals surface area contributed by atoms with E-state index in [2.05, 4.69) is 67.0 Å². The number of aryl methyl sites for hydroxylation is 3. The highest BCUT2D eigenvalue weighted by atomic mass is 79.9. The molecule has 0 amide bonds. The average Bonchev–Trinajstić information content (AvgIpc) is 2.94. The molecule has 0 nitrogen and oxygen atoms in total. The van der Waals surface area contributed by atoms with E-state index in [-0.39, 0.29) is 0 Å². The fraction of sp³-hybridized carbons (Fsp3) is 0.412. The van der Waals surface area contributed by atoms with Crippen LogP contribution in [-0.4, -0.2) is 0 Å². The molecule has 2 heteroatoms. The van der Waals surface area contributed by atoms with Gasteiger partial charge in [0.2, 0.25) is 0 Å². The standard InChI is InChI=1S/C17H21BrS/c1-4-12-7-8-14(11-13(12)5-2)17(18)16-10-9-15(6-3)19-16/h7-11,17H,4-6H2,1-3H3. The lowest BCUT2D eigenvalue weighted by molar-refractivity contribution is 1.02. The van der Waals surface area contributed by atoms with Crippen LogP contribution in [0.1, 0.15) is 52.0 Å². The van der Waals surface area contributed by atoms with Crippen molar-refractivity contribution in [1.82, 2.24) is 0 Å². The largest absolute Gasteiger partial charge is 0.144 e. The molecule has 1 aromatic carbocycles. The first-order chi connectivity index (χ1) is 9.19. The molecule has 0 bridgehead atoms. The molecule has 0 saturated carbocycles. The van der Waals surface area contributed by atoms with Gasteiger partial charge in [0.15, 0.2) is 0 Å². The van der Waals surface area contributed by atoms with Gasteiger partial charge in [0.1, 0.15) is 0 Å². The highest BCUT2D eigenvalue weighted by Gasteiger charge is 2.14. The van der Waals surface area contributed by atoms with Crippen LogP contribution >= 0.6 is 27.3 Å². The highest BCUT2D eigenvalue weighted by Crippen LogP contribution is 2.36. The lowest BCUT2D eigenvalue weighted by Crippen LogP contribution is -1.96. The molecule has 19 heavy (non-hydrogen) atoms. The van der Waals surface area contributed by atoms with Crippen LogP contribution in [0.4, 0.5) is 0 Å². The molecule has 0 aliphatic rings. The highest BCUT2D eigenvalue weighted by molar-refractivity contribution is 9.09. The lowest BCUT2D eigenvalue weighted by Gasteiger charge is -2.12. The fourth-order valence-corrected chi connectivity index (χ4v) is 4.04. The average molecular weight is 337 g/mol. The summed E-state index contributed by atoms with van der Waals surface area (Å²) in [6.07, 6.45) is 3.36. The minimum atomic E-state index is 0.328. The number of alkyl halides is 1. The van der Waals surface area contributed by atoms with Gasteiger partial charge in [-0.25, -0.2) is 0 Å². The van der Waals surface area contributed by atoms with Crippen LogP contribution < -0.4 is 0 Å². The number of rotatable bonds is 5. The maximum atomic E-state index is 3.86. The topological polar surface area (TPSA) is 0 Å². The predicted octanol–water partition coefficient (Wildman–Crippen LogP) is 5.92. The third-order valence-electron chi connectivity index (χ3n) is 3.57. The second kappa shape index (κ2) is 6.71. The van der Waals surface area contributed by atoms with Gasteiger partial charge in [0.05, 0.1) is 4.83 Å². The van der Waals surface area contributed by atoms with E-state index in [4.69, 9.17) is 0 Å². The van der Waals surface area contributed by atoms with E-state index in [1.165, 1.54) is 26.4 Å². The van der Waals surface area contributed by atoms with E-state index in [0.717, 1.165) is 19.3 Å². The van der Waals surface area contributed by atoms with E-state index in [9.17, 15) is 0 Å². The zero-order valence-electron chi connectivity index (χ0n) is 11.9. The van der Waals surface area contributed by atoms with Crippen molar-refractivity contribution in [2.45, 2.75) is 44.9 Å². The van der Waals surface area contributed by atoms with Crippen molar-refractivity contribution in [3.8, 4) is 0 Å². The van der Waals surface area contributed by atoms with Crippen molar-refractivity contribution >= 4 is 27.3 Å². The lowest BCUT2D eigenvalue weighted by atomic mass is 9.98. The van der Waals surface area contributed by atoms with E-state index < -0.39 is 0 Å².